The van der Waals surface area contributed by atoms with E-state index in [1.54, 1.807) is 12.1 Å². The molecule has 116 valence electrons. The Bertz CT molecular complexity index is 639. The Morgan fingerprint density at radius 1 is 1.24 bits per heavy atom. The maximum Gasteiger partial charge on any atom is 0.324 e. The van der Waals surface area contributed by atoms with E-state index in [-0.39, 0.29) is 4.90 Å². The highest BCUT2D eigenvalue weighted by Gasteiger charge is 2.29. The summed E-state index contributed by atoms with van der Waals surface area (Å²) in [6.45, 7) is 1.23. The second-order valence-electron chi connectivity index (χ2n) is 5.32. The summed E-state index contributed by atoms with van der Waals surface area (Å²) in [4.78, 5) is 11.0. The van der Waals surface area contributed by atoms with E-state index in [0.29, 0.717) is 0 Å². The Labute approximate surface area is 123 Å². The summed E-state index contributed by atoms with van der Waals surface area (Å²) < 4.78 is 26.5. The molecular formula is C14H19NO5S. The van der Waals surface area contributed by atoms with Gasteiger partial charge < -0.3 is 10.2 Å². The van der Waals surface area contributed by atoms with E-state index < -0.39 is 28.1 Å². The Morgan fingerprint density at radius 2 is 1.86 bits per heavy atom. The minimum Gasteiger partial charge on any atom is -0.480 e. The van der Waals surface area contributed by atoms with Crippen molar-refractivity contribution in [3.05, 3.63) is 29.3 Å². The number of aliphatic hydroxyl groups is 1. The molecule has 0 aromatic heterocycles. The topological polar surface area (TPSA) is 104 Å². The molecule has 2 atom stereocenters. The average Bonchev–Trinajstić information content (AvgIpc) is 2.43. The monoisotopic (exact) mass is 313 g/mol. The Balaban J connectivity index is 2.29. The van der Waals surface area contributed by atoms with Crippen molar-refractivity contribution in [3.63, 3.8) is 0 Å². The molecule has 3 N–H and O–H groups in total. The van der Waals surface area contributed by atoms with Crippen molar-refractivity contribution >= 4 is 16.0 Å². The number of carboxylic acids is 1. The highest BCUT2D eigenvalue weighted by Crippen LogP contribution is 2.24. The molecule has 1 aliphatic rings. The molecule has 0 saturated heterocycles. The van der Waals surface area contributed by atoms with Gasteiger partial charge >= 0.3 is 5.97 Å². The summed E-state index contributed by atoms with van der Waals surface area (Å²) >= 11 is 0. The standard InChI is InChI=1S/C14H19NO5S/c1-9(16)13(14(17)18)15-21(19,20)12-7-6-10-4-2-3-5-11(10)8-12/h6-9,13,15-16H,2-5H2,1H3,(H,17,18)/t9-,13+/m1/s1. The Kier molecular flexibility index (Phi) is 4.65. The van der Waals surface area contributed by atoms with Gasteiger partial charge in [-0.15, -0.1) is 0 Å². The maximum atomic E-state index is 12.3. The summed E-state index contributed by atoms with van der Waals surface area (Å²) in [5.41, 5.74) is 2.14. The molecule has 0 spiro atoms. The number of rotatable bonds is 5. The lowest BCUT2D eigenvalue weighted by molar-refractivity contribution is -0.141. The van der Waals surface area contributed by atoms with Crippen LogP contribution in [0.2, 0.25) is 0 Å². The molecule has 0 radical (unpaired) electrons. The van der Waals surface area contributed by atoms with Gasteiger partial charge in [0.1, 0.15) is 6.04 Å². The van der Waals surface area contributed by atoms with E-state index in [9.17, 15) is 18.3 Å². The van der Waals surface area contributed by atoms with Gasteiger partial charge in [0.25, 0.3) is 0 Å². The van der Waals surface area contributed by atoms with Crippen LogP contribution >= 0.6 is 0 Å². The number of aryl methyl sites for hydroxylation is 2. The Hall–Kier alpha value is -1.44. The molecule has 0 fully saturated rings. The number of hydrogen-bond acceptors (Lipinski definition) is 4. The first-order valence-corrected chi connectivity index (χ1v) is 8.34. The third kappa shape index (κ3) is 3.61. The summed E-state index contributed by atoms with van der Waals surface area (Å²) in [5, 5.41) is 18.3. The molecule has 1 aliphatic carbocycles. The van der Waals surface area contributed by atoms with Gasteiger partial charge in [-0.1, -0.05) is 6.07 Å². The minimum atomic E-state index is -3.97. The number of fused-ring (bicyclic) bond motifs is 1. The SMILES string of the molecule is C[C@@H](O)[C@H](NS(=O)(=O)c1ccc2c(c1)CCCC2)C(=O)O. The van der Waals surface area contributed by atoms with Gasteiger partial charge in [-0.25, -0.2) is 8.42 Å². The van der Waals surface area contributed by atoms with Gasteiger partial charge in [-0.3, -0.25) is 4.79 Å². The number of benzene rings is 1. The predicted octanol–water partition coefficient (Wildman–Crippen LogP) is 0.678. The van der Waals surface area contributed by atoms with Gasteiger partial charge in [-0.2, -0.15) is 4.72 Å². The van der Waals surface area contributed by atoms with Crippen LogP contribution in [-0.2, 0) is 27.7 Å². The largest absolute Gasteiger partial charge is 0.480 e. The van der Waals surface area contributed by atoms with Crippen LogP contribution in [0.3, 0.4) is 0 Å². The first-order valence-electron chi connectivity index (χ1n) is 6.86. The lowest BCUT2D eigenvalue weighted by Crippen LogP contribution is -2.47. The van der Waals surface area contributed by atoms with E-state index in [0.717, 1.165) is 36.8 Å². The number of nitrogens with one attached hydrogen (secondary N) is 1. The summed E-state index contributed by atoms with van der Waals surface area (Å²) in [6, 6.07) is 3.29. The van der Waals surface area contributed by atoms with Crippen molar-refractivity contribution in [2.75, 3.05) is 0 Å². The van der Waals surface area contributed by atoms with Crippen molar-refractivity contribution in [1.82, 2.24) is 4.72 Å². The first kappa shape index (κ1) is 15.9. The quantitative estimate of drug-likeness (QED) is 0.741. The van der Waals surface area contributed by atoms with E-state index in [1.165, 1.54) is 13.0 Å². The maximum absolute atomic E-state index is 12.3. The second-order valence-corrected chi connectivity index (χ2v) is 7.03. The zero-order valence-electron chi connectivity index (χ0n) is 11.7. The normalized spacial score (nSPS) is 17.8. The van der Waals surface area contributed by atoms with Crippen LogP contribution in [0.5, 0.6) is 0 Å². The molecule has 6 nitrogen and oxygen atoms in total. The van der Waals surface area contributed by atoms with Crippen LogP contribution in [0, 0.1) is 0 Å². The summed E-state index contributed by atoms with van der Waals surface area (Å²) in [6.07, 6.45) is 2.57. The molecular weight excluding hydrogens is 294 g/mol. The van der Waals surface area contributed by atoms with Gasteiger partial charge in [0.2, 0.25) is 10.0 Å². The van der Waals surface area contributed by atoms with Crippen molar-refractivity contribution in [3.8, 4) is 0 Å². The number of aliphatic carboxylic acids is 1. The molecule has 7 heteroatoms. The third-order valence-electron chi connectivity index (χ3n) is 3.66. The molecule has 2 rings (SSSR count). The van der Waals surface area contributed by atoms with E-state index in [1.807, 2.05) is 4.72 Å². The smallest absolute Gasteiger partial charge is 0.324 e. The number of aliphatic hydroxyl groups excluding tert-OH is 1. The van der Waals surface area contributed by atoms with Gasteiger partial charge in [0.05, 0.1) is 11.0 Å². The molecule has 0 unspecified atom stereocenters. The van der Waals surface area contributed by atoms with Gasteiger partial charge in [-0.05, 0) is 55.9 Å². The average molecular weight is 313 g/mol. The van der Waals surface area contributed by atoms with Gasteiger partial charge in [0.15, 0.2) is 0 Å². The fourth-order valence-electron chi connectivity index (χ4n) is 2.47. The van der Waals surface area contributed by atoms with Crippen LogP contribution in [0.4, 0.5) is 0 Å². The number of sulfonamides is 1. The van der Waals surface area contributed by atoms with Crippen LogP contribution in [0.1, 0.15) is 30.9 Å². The van der Waals surface area contributed by atoms with Crippen LogP contribution < -0.4 is 4.72 Å². The molecule has 0 amide bonds. The number of hydrogen-bond donors (Lipinski definition) is 3. The van der Waals surface area contributed by atoms with Crippen LogP contribution in [0.15, 0.2) is 23.1 Å². The number of carboxylic acid groups (broad SMARTS) is 1. The Morgan fingerprint density at radius 3 is 2.43 bits per heavy atom. The van der Waals surface area contributed by atoms with Crippen molar-refractivity contribution in [2.45, 2.75) is 49.6 Å². The van der Waals surface area contributed by atoms with Crippen molar-refractivity contribution in [2.24, 2.45) is 0 Å². The van der Waals surface area contributed by atoms with Crippen molar-refractivity contribution in [1.29, 1.82) is 0 Å². The molecule has 0 bridgehead atoms. The minimum absolute atomic E-state index is 0.0371. The first-order chi connectivity index (χ1) is 9.81. The fraction of sp³-hybridized carbons (Fsp3) is 0.500. The molecule has 21 heavy (non-hydrogen) atoms. The summed E-state index contributed by atoms with van der Waals surface area (Å²) in [7, 11) is -3.97. The molecule has 1 aromatic carbocycles. The third-order valence-corrected chi connectivity index (χ3v) is 5.10. The van der Waals surface area contributed by atoms with Crippen molar-refractivity contribution < 1.29 is 23.4 Å². The van der Waals surface area contributed by atoms with E-state index in [2.05, 4.69) is 0 Å². The molecule has 0 heterocycles. The zero-order chi connectivity index (χ0) is 15.6. The molecule has 0 saturated carbocycles. The van der Waals surface area contributed by atoms with Gasteiger partial charge in [0, 0.05) is 0 Å². The summed E-state index contributed by atoms with van der Waals surface area (Å²) in [5.74, 6) is -1.41. The highest BCUT2D eigenvalue weighted by molar-refractivity contribution is 7.89. The van der Waals surface area contributed by atoms with E-state index in [4.69, 9.17) is 5.11 Å². The highest BCUT2D eigenvalue weighted by atomic mass is 32.2. The number of carbonyl (C=O) groups is 1. The van der Waals surface area contributed by atoms with Crippen LogP contribution in [0.25, 0.3) is 0 Å². The molecule has 0 aliphatic heterocycles. The molecule has 1 aromatic rings. The fourth-order valence-corrected chi connectivity index (χ4v) is 3.78. The van der Waals surface area contributed by atoms with E-state index >= 15 is 0 Å². The second kappa shape index (κ2) is 6.13. The lowest BCUT2D eigenvalue weighted by atomic mass is 9.92. The predicted molar refractivity (Wildman–Crippen MR) is 76.5 cm³/mol. The lowest BCUT2D eigenvalue weighted by Gasteiger charge is -2.19. The van der Waals surface area contributed by atoms with Crippen LogP contribution in [-0.4, -0.2) is 36.7 Å². The zero-order valence-corrected chi connectivity index (χ0v) is 12.6.